The van der Waals surface area contributed by atoms with Crippen LogP contribution in [0.3, 0.4) is 0 Å². The Morgan fingerprint density at radius 3 is 3.08 bits per heavy atom. The minimum Gasteiger partial charge on any atom is -0.481 e. The minimum atomic E-state index is 0.650. The Labute approximate surface area is 76.3 Å². The molecule has 3 nitrogen and oxygen atoms in total. The Bertz CT molecular complexity index is 242. The Morgan fingerprint density at radius 2 is 2.42 bits per heavy atom. The van der Waals surface area contributed by atoms with Crippen molar-refractivity contribution in [3.05, 3.63) is 18.2 Å². The Balaban J connectivity index is 2.60. The molecule has 12 heavy (non-hydrogen) atoms. The fourth-order valence-corrected chi connectivity index (χ4v) is 1.41. The number of rotatable bonds is 4. The van der Waals surface area contributed by atoms with Gasteiger partial charge in [-0.2, -0.15) is 0 Å². The molecule has 1 rings (SSSR count). The summed E-state index contributed by atoms with van der Waals surface area (Å²) in [5, 5.41) is 0.958. The van der Waals surface area contributed by atoms with Crippen LogP contribution in [-0.2, 0) is 0 Å². The molecule has 1 aromatic rings. The van der Waals surface area contributed by atoms with E-state index in [-0.39, 0.29) is 0 Å². The van der Waals surface area contributed by atoms with E-state index in [1.54, 1.807) is 18.9 Å². The van der Waals surface area contributed by atoms with Gasteiger partial charge in [-0.3, -0.25) is 0 Å². The van der Waals surface area contributed by atoms with Crippen molar-refractivity contribution in [2.45, 2.75) is 5.03 Å². The van der Waals surface area contributed by atoms with Gasteiger partial charge in [-0.05, 0) is 6.07 Å². The fourth-order valence-electron chi connectivity index (χ4n) is 0.753. The monoisotopic (exact) mass is 184 g/mol. The summed E-state index contributed by atoms with van der Waals surface area (Å²) in [7, 11) is 1.61. The summed E-state index contributed by atoms with van der Waals surface area (Å²) in [5.74, 6) is 1.54. The van der Waals surface area contributed by atoms with E-state index in [4.69, 9.17) is 10.5 Å². The number of pyridine rings is 1. The average Bonchev–Trinajstić information content (AvgIpc) is 2.15. The second kappa shape index (κ2) is 5.00. The topological polar surface area (TPSA) is 48.1 Å². The molecule has 0 saturated heterocycles. The first-order valence-electron chi connectivity index (χ1n) is 3.70. The highest BCUT2D eigenvalue weighted by Crippen LogP contribution is 2.17. The van der Waals surface area contributed by atoms with Gasteiger partial charge in [-0.25, -0.2) is 4.98 Å². The van der Waals surface area contributed by atoms with Crippen LogP contribution in [0.5, 0.6) is 5.88 Å². The summed E-state index contributed by atoms with van der Waals surface area (Å²) in [6, 6.07) is 5.69. The van der Waals surface area contributed by atoms with Gasteiger partial charge in [-0.15, -0.1) is 11.8 Å². The highest BCUT2D eigenvalue weighted by atomic mass is 32.2. The second-order valence-corrected chi connectivity index (χ2v) is 3.27. The quantitative estimate of drug-likeness (QED) is 0.713. The number of thioether (sulfide) groups is 1. The van der Waals surface area contributed by atoms with Gasteiger partial charge in [0.2, 0.25) is 5.88 Å². The maximum Gasteiger partial charge on any atom is 0.213 e. The lowest BCUT2D eigenvalue weighted by molar-refractivity contribution is 0.394. The zero-order valence-electron chi connectivity index (χ0n) is 6.99. The zero-order valence-corrected chi connectivity index (χ0v) is 7.80. The van der Waals surface area contributed by atoms with Crippen molar-refractivity contribution in [2.75, 3.05) is 19.4 Å². The number of aromatic nitrogens is 1. The molecule has 0 bridgehead atoms. The molecule has 1 heterocycles. The van der Waals surface area contributed by atoms with Crippen molar-refractivity contribution in [1.82, 2.24) is 4.98 Å². The SMILES string of the molecule is COc1cccc(SCCN)n1. The summed E-state index contributed by atoms with van der Waals surface area (Å²) < 4.78 is 4.98. The van der Waals surface area contributed by atoms with Crippen molar-refractivity contribution in [2.24, 2.45) is 5.73 Å². The molecular formula is C8H12N2OS. The highest BCUT2D eigenvalue weighted by molar-refractivity contribution is 7.99. The fraction of sp³-hybridized carbons (Fsp3) is 0.375. The Hall–Kier alpha value is -0.740. The van der Waals surface area contributed by atoms with Crippen LogP contribution in [0.25, 0.3) is 0 Å². The smallest absolute Gasteiger partial charge is 0.213 e. The first-order chi connectivity index (χ1) is 5.86. The number of ether oxygens (including phenoxy) is 1. The van der Waals surface area contributed by atoms with Gasteiger partial charge in [0, 0.05) is 18.4 Å². The standard InChI is InChI=1S/C8H12N2OS/c1-11-7-3-2-4-8(10-7)12-6-5-9/h2-4H,5-6,9H2,1H3. The Kier molecular flexibility index (Phi) is 3.90. The second-order valence-electron chi connectivity index (χ2n) is 2.16. The zero-order chi connectivity index (χ0) is 8.81. The van der Waals surface area contributed by atoms with Gasteiger partial charge in [0.15, 0.2) is 0 Å². The van der Waals surface area contributed by atoms with Crippen LogP contribution >= 0.6 is 11.8 Å². The lowest BCUT2D eigenvalue weighted by atomic mass is 10.5. The largest absolute Gasteiger partial charge is 0.481 e. The van der Waals surface area contributed by atoms with Crippen LogP contribution in [0.15, 0.2) is 23.2 Å². The van der Waals surface area contributed by atoms with E-state index in [0.717, 1.165) is 10.8 Å². The first-order valence-corrected chi connectivity index (χ1v) is 4.69. The predicted octanol–water partition coefficient (Wildman–Crippen LogP) is 1.14. The van der Waals surface area contributed by atoms with Crippen molar-refractivity contribution in [1.29, 1.82) is 0 Å². The van der Waals surface area contributed by atoms with Crippen LogP contribution in [0.4, 0.5) is 0 Å². The lowest BCUT2D eigenvalue weighted by Crippen LogP contribution is -2.01. The first kappa shape index (κ1) is 9.35. The van der Waals surface area contributed by atoms with E-state index in [1.807, 2.05) is 18.2 Å². The third-order valence-corrected chi connectivity index (χ3v) is 2.24. The van der Waals surface area contributed by atoms with Crippen LogP contribution in [0, 0.1) is 0 Å². The molecule has 0 spiro atoms. The molecule has 0 amide bonds. The van der Waals surface area contributed by atoms with Gasteiger partial charge in [-0.1, -0.05) is 6.07 Å². The van der Waals surface area contributed by atoms with Gasteiger partial charge >= 0.3 is 0 Å². The van der Waals surface area contributed by atoms with E-state index < -0.39 is 0 Å². The molecule has 0 aromatic carbocycles. The molecule has 1 aromatic heterocycles. The Morgan fingerprint density at radius 1 is 1.58 bits per heavy atom. The highest BCUT2D eigenvalue weighted by Gasteiger charge is 1.96. The summed E-state index contributed by atoms with van der Waals surface area (Å²) in [6.07, 6.45) is 0. The van der Waals surface area contributed by atoms with Crippen LogP contribution in [0.2, 0.25) is 0 Å². The molecular weight excluding hydrogens is 172 g/mol. The molecule has 0 unspecified atom stereocenters. The molecule has 0 saturated carbocycles. The maximum absolute atomic E-state index is 5.37. The van der Waals surface area contributed by atoms with Gasteiger partial charge in [0.05, 0.1) is 7.11 Å². The third-order valence-electron chi connectivity index (χ3n) is 1.27. The molecule has 66 valence electrons. The van der Waals surface area contributed by atoms with E-state index >= 15 is 0 Å². The molecule has 0 atom stereocenters. The van der Waals surface area contributed by atoms with E-state index in [9.17, 15) is 0 Å². The van der Waals surface area contributed by atoms with E-state index in [1.165, 1.54) is 0 Å². The predicted molar refractivity (Wildman–Crippen MR) is 50.6 cm³/mol. The molecule has 0 radical (unpaired) electrons. The molecule has 0 aliphatic rings. The van der Waals surface area contributed by atoms with Gasteiger partial charge < -0.3 is 10.5 Å². The van der Waals surface area contributed by atoms with Crippen LogP contribution in [0.1, 0.15) is 0 Å². The molecule has 0 fully saturated rings. The van der Waals surface area contributed by atoms with Crippen LogP contribution < -0.4 is 10.5 Å². The third kappa shape index (κ3) is 2.71. The summed E-state index contributed by atoms with van der Waals surface area (Å²) in [4.78, 5) is 4.21. The van der Waals surface area contributed by atoms with Crippen molar-refractivity contribution >= 4 is 11.8 Å². The van der Waals surface area contributed by atoms with E-state index in [0.29, 0.717) is 12.4 Å². The summed E-state index contributed by atoms with van der Waals surface area (Å²) >= 11 is 1.63. The number of hydrogen-bond donors (Lipinski definition) is 1. The van der Waals surface area contributed by atoms with Crippen LogP contribution in [-0.4, -0.2) is 24.4 Å². The summed E-state index contributed by atoms with van der Waals surface area (Å²) in [5.41, 5.74) is 5.37. The average molecular weight is 184 g/mol. The molecule has 0 aliphatic heterocycles. The lowest BCUT2D eigenvalue weighted by Gasteiger charge is -2.01. The van der Waals surface area contributed by atoms with E-state index in [2.05, 4.69) is 4.98 Å². The van der Waals surface area contributed by atoms with Crippen molar-refractivity contribution in [3.8, 4) is 5.88 Å². The molecule has 2 N–H and O–H groups in total. The van der Waals surface area contributed by atoms with Gasteiger partial charge in [0.25, 0.3) is 0 Å². The summed E-state index contributed by atoms with van der Waals surface area (Å²) in [6.45, 7) is 0.670. The number of hydrogen-bond acceptors (Lipinski definition) is 4. The number of nitrogens with two attached hydrogens (primary N) is 1. The van der Waals surface area contributed by atoms with Crippen molar-refractivity contribution < 1.29 is 4.74 Å². The normalized spacial score (nSPS) is 9.83. The number of methoxy groups -OCH3 is 1. The molecule has 0 aliphatic carbocycles. The van der Waals surface area contributed by atoms with Crippen molar-refractivity contribution in [3.63, 3.8) is 0 Å². The maximum atomic E-state index is 5.37. The number of nitrogens with zero attached hydrogens (tertiary/aromatic N) is 1. The minimum absolute atomic E-state index is 0.650. The molecule has 4 heteroatoms. The van der Waals surface area contributed by atoms with Gasteiger partial charge in [0.1, 0.15) is 5.03 Å².